The molecule has 1 aromatic heterocycles. The maximum Gasteiger partial charge on any atom is 0.259 e. The van der Waals surface area contributed by atoms with Crippen LogP contribution in [0.1, 0.15) is 20.8 Å². The molecule has 0 unspecified atom stereocenters. The van der Waals surface area contributed by atoms with Crippen LogP contribution in [0.5, 0.6) is 0 Å². The number of anilines is 1. The summed E-state index contributed by atoms with van der Waals surface area (Å²) in [6.45, 7) is 0. The summed E-state index contributed by atoms with van der Waals surface area (Å²) in [5, 5.41) is 4.25. The van der Waals surface area contributed by atoms with Gasteiger partial charge < -0.3 is 0 Å². The number of nitrogens with zero attached hydrogens (tertiary/aromatic N) is 1. The molecule has 1 aliphatic carbocycles. The minimum Gasteiger partial charge on any atom is -0.298 e. The fourth-order valence-electron chi connectivity index (χ4n) is 2.84. The van der Waals surface area contributed by atoms with Crippen LogP contribution < -0.4 is 5.32 Å². The molecular formula is C18H12Cl2N2OS. The summed E-state index contributed by atoms with van der Waals surface area (Å²) in [6, 6.07) is 13.1. The van der Waals surface area contributed by atoms with Crippen LogP contribution in [-0.2, 0) is 12.8 Å². The van der Waals surface area contributed by atoms with E-state index in [0.717, 1.165) is 24.1 Å². The van der Waals surface area contributed by atoms with Crippen LogP contribution in [0, 0.1) is 0 Å². The first-order chi connectivity index (χ1) is 11.6. The Kier molecular flexibility index (Phi) is 4.04. The zero-order valence-corrected chi connectivity index (χ0v) is 14.8. The maximum atomic E-state index is 12.5. The van der Waals surface area contributed by atoms with Gasteiger partial charge >= 0.3 is 0 Å². The van der Waals surface area contributed by atoms with Gasteiger partial charge in [-0.1, -0.05) is 47.5 Å². The second-order valence-electron chi connectivity index (χ2n) is 5.53. The molecule has 0 aliphatic heterocycles. The van der Waals surface area contributed by atoms with E-state index in [-0.39, 0.29) is 5.91 Å². The molecule has 3 aromatic rings. The fraction of sp³-hybridized carbons (Fsp3) is 0.111. The van der Waals surface area contributed by atoms with E-state index in [4.69, 9.17) is 23.2 Å². The lowest BCUT2D eigenvalue weighted by Crippen LogP contribution is -2.12. The van der Waals surface area contributed by atoms with Gasteiger partial charge in [0.15, 0.2) is 5.13 Å². The number of nitrogens with one attached hydrogen (secondary N) is 1. The monoisotopic (exact) mass is 374 g/mol. The minimum atomic E-state index is -0.304. The minimum absolute atomic E-state index is 0.304. The molecule has 0 fully saturated rings. The van der Waals surface area contributed by atoms with E-state index in [0.29, 0.717) is 20.7 Å². The van der Waals surface area contributed by atoms with Crippen molar-refractivity contribution >= 4 is 45.6 Å². The molecule has 24 heavy (non-hydrogen) atoms. The van der Waals surface area contributed by atoms with Crippen molar-refractivity contribution in [1.82, 2.24) is 4.98 Å². The van der Waals surface area contributed by atoms with E-state index in [1.54, 1.807) is 18.2 Å². The average Bonchev–Trinajstić information content (AvgIpc) is 3.00. The van der Waals surface area contributed by atoms with Gasteiger partial charge in [-0.2, -0.15) is 0 Å². The molecule has 2 aromatic carbocycles. The number of fused-ring (bicyclic) bond motifs is 3. The molecule has 6 heteroatoms. The summed E-state index contributed by atoms with van der Waals surface area (Å²) < 4.78 is 0. The summed E-state index contributed by atoms with van der Waals surface area (Å²) >= 11 is 13.6. The SMILES string of the molecule is O=C(Nc1nc2c(s1)CCc1ccccc1-2)c1cc(Cl)ccc1Cl. The van der Waals surface area contributed by atoms with Crippen LogP contribution in [0.15, 0.2) is 42.5 Å². The standard InChI is InChI=1S/C18H12Cl2N2OS/c19-11-6-7-14(20)13(9-11)17(23)22-18-21-16-12-4-2-1-3-10(12)5-8-15(16)24-18/h1-4,6-7,9H,5,8H2,(H,21,22,23). The van der Waals surface area contributed by atoms with E-state index >= 15 is 0 Å². The zero-order chi connectivity index (χ0) is 16.7. The number of amides is 1. The summed E-state index contributed by atoms with van der Waals surface area (Å²) in [4.78, 5) is 18.3. The smallest absolute Gasteiger partial charge is 0.259 e. The van der Waals surface area contributed by atoms with Crippen LogP contribution in [0.2, 0.25) is 10.0 Å². The quantitative estimate of drug-likeness (QED) is 0.646. The van der Waals surface area contributed by atoms with Crippen LogP contribution >= 0.6 is 34.5 Å². The van der Waals surface area contributed by atoms with Crippen molar-refractivity contribution in [3.63, 3.8) is 0 Å². The van der Waals surface area contributed by atoms with Gasteiger partial charge in [-0.3, -0.25) is 10.1 Å². The van der Waals surface area contributed by atoms with E-state index in [2.05, 4.69) is 22.4 Å². The molecule has 1 N–H and O–H groups in total. The number of aryl methyl sites for hydroxylation is 2. The number of benzene rings is 2. The van der Waals surface area contributed by atoms with E-state index in [1.807, 2.05) is 12.1 Å². The molecule has 120 valence electrons. The van der Waals surface area contributed by atoms with Gasteiger partial charge in [-0.15, -0.1) is 11.3 Å². The van der Waals surface area contributed by atoms with Gasteiger partial charge in [0, 0.05) is 15.5 Å². The Hall–Kier alpha value is -1.88. The van der Waals surface area contributed by atoms with Crippen molar-refractivity contribution < 1.29 is 4.79 Å². The highest BCUT2D eigenvalue weighted by Crippen LogP contribution is 2.38. The number of halogens is 2. The van der Waals surface area contributed by atoms with Crippen LogP contribution in [0.4, 0.5) is 5.13 Å². The van der Waals surface area contributed by atoms with Gasteiger partial charge in [-0.25, -0.2) is 4.98 Å². The molecule has 1 aliphatic rings. The van der Waals surface area contributed by atoms with Gasteiger partial charge in [0.2, 0.25) is 0 Å². The molecule has 1 amide bonds. The normalized spacial score (nSPS) is 12.4. The van der Waals surface area contributed by atoms with Crippen molar-refractivity contribution in [3.05, 3.63) is 68.5 Å². The predicted octanol–water partition coefficient (Wildman–Crippen LogP) is 5.47. The van der Waals surface area contributed by atoms with E-state index in [9.17, 15) is 4.79 Å². The Labute approximate surface area is 153 Å². The lowest BCUT2D eigenvalue weighted by Gasteiger charge is -2.13. The highest BCUT2D eigenvalue weighted by atomic mass is 35.5. The summed E-state index contributed by atoms with van der Waals surface area (Å²) in [7, 11) is 0. The first-order valence-electron chi connectivity index (χ1n) is 7.46. The van der Waals surface area contributed by atoms with Gasteiger partial charge in [0.1, 0.15) is 0 Å². The highest BCUT2D eigenvalue weighted by Gasteiger charge is 2.21. The molecule has 0 saturated heterocycles. The second kappa shape index (κ2) is 6.20. The Bertz CT molecular complexity index is 952. The largest absolute Gasteiger partial charge is 0.298 e. The number of hydrogen-bond donors (Lipinski definition) is 1. The topological polar surface area (TPSA) is 42.0 Å². The third-order valence-corrected chi connectivity index (χ3v) is 5.58. The zero-order valence-electron chi connectivity index (χ0n) is 12.5. The number of carbonyl (C=O) groups excluding carboxylic acids is 1. The first-order valence-corrected chi connectivity index (χ1v) is 9.03. The van der Waals surface area contributed by atoms with E-state index in [1.165, 1.54) is 21.8 Å². The average molecular weight is 375 g/mol. The van der Waals surface area contributed by atoms with Crippen molar-refractivity contribution in [3.8, 4) is 11.3 Å². The molecule has 0 bridgehead atoms. The number of rotatable bonds is 2. The van der Waals surface area contributed by atoms with Crippen molar-refractivity contribution in [2.75, 3.05) is 5.32 Å². The lowest BCUT2D eigenvalue weighted by molar-refractivity contribution is 0.102. The van der Waals surface area contributed by atoms with Crippen molar-refractivity contribution in [2.24, 2.45) is 0 Å². The van der Waals surface area contributed by atoms with Crippen LogP contribution in [-0.4, -0.2) is 10.9 Å². The van der Waals surface area contributed by atoms with Gasteiger partial charge in [0.05, 0.1) is 16.3 Å². The maximum absolute atomic E-state index is 12.5. The summed E-state index contributed by atoms with van der Waals surface area (Å²) in [6.07, 6.45) is 1.94. The van der Waals surface area contributed by atoms with Gasteiger partial charge in [0.25, 0.3) is 5.91 Å². The molecule has 4 rings (SSSR count). The van der Waals surface area contributed by atoms with Crippen LogP contribution in [0.3, 0.4) is 0 Å². The molecule has 0 saturated carbocycles. The number of aromatic nitrogens is 1. The Balaban J connectivity index is 1.65. The number of thiazole rings is 1. The molecule has 0 spiro atoms. The number of hydrogen-bond acceptors (Lipinski definition) is 3. The molecule has 3 nitrogen and oxygen atoms in total. The third kappa shape index (κ3) is 2.81. The number of carbonyl (C=O) groups is 1. The van der Waals surface area contributed by atoms with Crippen LogP contribution in [0.25, 0.3) is 11.3 Å². The predicted molar refractivity (Wildman–Crippen MR) is 99.4 cm³/mol. The highest BCUT2D eigenvalue weighted by molar-refractivity contribution is 7.16. The van der Waals surface area contributed by atoms with E-state index < -0.39 is 0 Å². The van der Waals surface area contributed by atoms with Crippen molar-refractivity contribution in [1.29, 1.82) is 0 Å². The summed E-state index contributed by atoms with van der Waals surface area (Å²) in [5.74, 6) is -0.304. The summed E-state index contributed by atoms with van der Waals surface area (Å²) in [5.41, 5.74) is 3.76. The molecular weight excluding hydrogens is 363 g/mol. The Morgan fingerprint density at radius 1 is 1.12 bits per heavy atom. The fourth-order valence-corrected chi connectivity index (χ4v) is 4.18. The molecule has 0 atom stereocenters. The second-order valence-corrected chi connectivity index (χ2v) is 7.45. The van der Waals surface area contributed by atoms with Gasteiger partial charge in [-0.05, 0) is 36.6 Å². The first kappa shape index (κ1) is 15.6. The third-order valence-electron chi connectivity index (χ3n) is 3.98. The molecule has 1 heterocycles. The molecule has 0 radical (unpaired) electrons. The van der Waals surface area contributed by atoms with Crippen molar-refractivity contribution in [2.45, 2.75) is 12.8 Å². The lowest BCUT2D eigenvalue weighted by atomic mass is 9.94. The Morgan fingerprint density at radius 3 is 2.83 bits per heavy atom. The Morgan fingerprint density at radius 2 is 1.96 bits per heavy atom.